The monoisotopic (exact) mass is 299 g/mol. The van der Waals surface area contributed by atoms with E-state index < -0.39 is 9.84 Å². The van der Waals surface area contributed by atoms with Crippen LogP contribution < -0.4 is 5.32 Å². The van der Waals surface area contributed by atoms with Gasteiger partial charge in [0, 0.05) is 28.6 Å². The van der Waals surface area contributed by atoms with Crippen LogP contribution >= 0.6 is 11.3 Å². The third-order valence-corrected chi connectivity index (χ3v) is 7.24. The number of sulfone groups is 1. The molecule has 0 spiro atoms. The second-order valence-electron chi connectivity index (χ2n) is 5.80. The minimum atomic E-state index is -2.91. The molecule has 0 saturated heterocycles. The summed E-state index contributed by atoms with van der Waals surface area (Å²) in [4.78, 5) is 2.91. The Balaban J connectivity index is 1.62. The quantitative estimate of drug-likeness (QED) is 0.928. The Morgan fingerprint density at radius 1 is 1.32 bits per heavy atom. The summed E-state index contributed by atoms with van der Waals surface area (Å²) in [6.07, 6.45) is 7.96. The number of nitrogens with one attached hydrogen (secondary N) is 1. The molecule has 0 aromatic carbocycles. The van der Waals surface area contributed by atoms with Gasteiger partial charge in [-0.05, 0) is 43.7 Å². The summed E-state index contributed by atoms with van der Waals surface area (Å²) < 4.78 is 23.5. The van der Waals surface area contributed by atoms with Gasteiger partial charge in [0.1, 0.15) is 0 Å². The van der Waals surface area contributed by atoms with Crippen molar-refractivity contribution in [2.75, 3.05) is 6.26 Å². The maximum absolute atomic E-state index is 11.7. The van der Waals surface area contributed by atoms with Gasteiger partial charge in [-0.1, -0.05) is 6.42 Å². The first-order valence-corrected chi connectivity index (χ1v) is 9.84. The van der Waals surface area contributed by atoms with Gasteiger partial charge in [0.25, 0.3) is 0 Å². The zero-order valence-corrected chi connectivity index (χ0v) is 12.9. The molecule has 2 aliphatic rings. The number of hydrogen-bond donors (Lipinski definition) is 1. The van der Waals surface area contributed by atoms with Crippen LogP contribution in [0.15, 0.2) is 6.07 Å². The standard InChI is InChI=1S/C14H21NO2S2/c1-19(16,17)14-7-3-5-12(14)15-9-11-8-10-4-2-6-13(10)18-11/h8,12,14-15H,2-7,9H2,1H3. The minimum Gasteiger partial charge on any atom is -0.308 e. The number of hydrogen-bond acceptors (Lipinski definition) is 4. The SMILES string of the molecule is CS(=O)(=O)C1CCCC1NCc1cc2c(s1)CCC2. The van der Waals surface area contributed by atoms with E-state index in [0.717, 1.165) is 25.8 Å². The fourth-order valence-corrected chi connectivity index (χ4v) is 6.02. The summed E-state index contributed by atoms with van der Waals surface area (Å²) in [6.45, 7) is 0.828. The first kappa shape index (κ1) is 13.6. The number of fused-ring (bicyclic) bond motifs is 1. The van der Waals surface area contributed by atoms with Gasteiger partial charge in [-0.15, -0.1) is 11.3 Å². The van der Waals surface area contributed by atoms with Crippen LogP contribution in [0.5, 0.6) is 0 Å². The Labute approximate surface area is 119 Å². The van der Waals surface area contributed by atoms with E-state index >= 15 is 0 Å². The van der Waals surface area contributed by atoms with Crippen LogP contribution in [0.25, 0.3) is 0 Å². The molecule has 3 nitrogen and oxygen atoms in total. The smallest absolute Gasteiger partial charge is 0.151 e. The molecule has 5 heteroatoms. The normalized spacial score (nSPS) is 26.8. The first-order chi connectivity index (χ1) is 9.04. The van der Waals surface area contributed by atoms with Crippen molar-refractivity contribution in [3.63, 3.8) is 0 Å². The fraction of sp³-hybridized carbons (Fsp3) is 0.714. The zero-order chi connectivity index (χ0) is 13.5. The van der Waals surface area contributed by atoms with Crippen LogP contribution in [0.1, 0.15) is 41.0 Å². The van der Waals surface area contributed by atoms with Crippen LogP contribution in [-0.2, 0) is 29.2 Å². The van der Waals surface area contributed by atoms with Gasteiger partial charge in [0.15, 0.2) is 9.84 Å². The van der Waals surface area contributed by atoms with Crippen molar-refractivity contribution >= 4 is 21.2 Å². The molecule has 2 unspecified atom stereocenters. The van der Waals surface area contributed by atoms with Gasteiger partial charge in [0.2, 0.25) is 0 Å². The van der Waals surface area contributed by atoms with Gasteiger partial charge >= 0.3 is 0 Å². The van der Waals surface area contributed by atoms with Gasteiger partial charge in [-0.2, -0.15) is 0 Å². The van der Waals surface area contributed by atoms with E-state index in [0.29, 0.717) is 0 Å². The van der Waals surface area contributed by atoms with Crippen molar-refractivity contribution in [3.05, 3.63) is 21.4 Å². The van der Waals surface area contributed by atoms with E-state index in [1.54, 1.807) is 4.88 Å². The average molecular weight is 299 g/mol. The molecule has 1 heterocycles. The molecule has 1 saturated carbocycles. The Hall–Kier alpha value is -0.390. The lowest BCUT2D eigenvalue weighted by atomic mass is 10.2. The van der Waals surface area contributed by atoms with E-state index in [4.69, 9.17) is 0 Å². The fourth-order valence-electron chi connectivity index (χ4n) is 3.38. The van der Waals surface area contributed by atoms with Crippen molar-refractivity contribution < 1.29 is 8.42 Å². The molecule has 19 heavy (non-hydrogen) atoms. The van der Waals surface area contributed by atoms with Gasteiger partial charge in [0.05, 0.1) is 5.25 Å². The molecule has 1 aromatic heterocycles. The molecule has 0 radical (unpaired) electrons. The molecule has 2 aliphatic carbocycles. The second kappa shape index (κ2) is 5.19. The minimum absolute atomic E-state index is 0.145. The Morgan fingerprint density at radius 2 is 2.16 bits per heavy atom. The van der Waals surface area contributed by atoms with Crippen molar-refractivity contribution in [1.82, 2.24) is 5.32 Å². The first-order valence-electron chi connectivity index (χ1n) is 7.07. The number of thiophene rings is 1. The molecular weight excluding hydrogens is 278 g/mol. The molecule has 106 valence electrons. The summed E-state index contributed by atoms with van der Waals surface area (Å²) in [5, 5.41) is 3.29. The van der Waals surface area contributed by atoms with Crippen molar-refractivity contribution in [2.45, 2.75) is 56.4 Å². The third kappa shape index (κ3) is 2.88. The van der Waals surface area contributed by atoms with Gasteiger partial charge < -0.3 is 5.32 Å². The van der Waals surface area contributed by atoms with E-state index in [2.05, 4.69) is 11.4 Å². The summed E-state index contributed by atoms with van der Waals surface area (Å²) in [5.74, 6) is 0. The van der Waals surface area contributed by atoms with Crippen molar-refractivity contribution in [2.24, 2.45) is 0 Å². The Bertz CT molecular complexity index is 541. The highest BCUT2D eigenvalue weighted by molar-refractivity contribution is 7.91. The number of aryl methyl sites for hydroxylation is 2. The van der Waals surface area contributed by atoms with E-state index in [1.807, 2.05) is 11.3 Å². The van der Waals surface area contributed by atoms with E-state index in [-0.39, 0.29) is 11.3 Å². The highest BCUT2D eigenvalue weighted by Crippen LogP contribution is 2.31. The van der Waals surface area contributed by atoms with Crippen LogP contribution in [0.2, 0.25) is 0 Å². The molecule has 1 aromatic rings. The molecular formula is C14H21NO2S2. The molecule has 3 rings (SSSR count). The second-order valence-corrected chi connectivity index (χ2v) is 9.29. The zero-order valence-electron chi connectivity index (χ0n) is 11.3. The lowest BCUT2D eigenvalue weighted by Crippen LogP contribution is -2.39. The summed E-state index contributed by atoms with van der Waals surface area (Å²) in [5.41, 5.74) is 1.52. The highest BCUT2D eigenvalue weighted by atomic mass is 32.2. The maximum Gasteiger partial charge on any atom is 0.151 e. The van der Waals surface area contributed by atoms with Crippen molar-refractivity contribution in [3.8, 4) is 0 Å². The average Bonchev–Trinajstić information content (AvgIpc) is 2.99. The number of rotatable bonds is 4. The van der Waals surface area contributed by atoms with Gasteiger partial charge in [-0.3, -0.25) is 0 Å². The largest absolute Gasteiger partial charge is 0.308 e. The lowest BCUT2D eigenvalue weighted by molar-refractivity contribution is 0.509. The molecule has 0 amide bonds. The predicted molar refractivity (Wildman–Crippen MR) is 79.5 cm³/mol. The van der Waals surface area contributed by atoms with Crippen LogP contribution in [0.3, 0.4) is 0 Å². The summed E-state index contributed by atoms with van der Waals surface area (Å²) in [7, 11) is -2.91. The lowest BCUT2D eigenvalue weighted by Gasteiger charge is -2.19. The van der Waals surface area contributed by atoms with Crippen LogP contribution in [-0.4, -0.2) is 26.0 Å². The summed E-state index contributed by atoms with van der Waals surface area (Å²) >= 11 is 1.90. The van der Waals surface area contributed by atoms with E-state index in [9.17, 15) is 8.42 Å². The van der Waals surface area contributed by atoms with Crippen molar-refractivity contribution in [1.29, 1.82) is 0 Å². The highest BCUT2D eigenvalue weighted by Gasteiger charge is 2.34. The topological polar surface area (TPSA) is 46.2 Å². The molecule has 2 atom stereocenters. The molecule has 0 bridgehead atoms. The Morgan fingerprint density at radius 3 is 2.89 bits per heavy atom. The van der Waals surface area contributed by atoms with E-state index in [1.165, 1.54) is 36.0 Å². The molecule has 1 N–H and O–H groups in total. The Kier molecular flexibility index (Phi) is 3.71. The van der Waals surface area contributed by atoms with Crippen LogP contribution in [0, 0.1) is 0 Å². The third-order valence-electron chi connectivity index (χ3n) is 4.34. The molecule has 0 aliphatic heterocycles. The van der Waals surface area contributed by atoms with Gasteiger partial charge in [-0.25, -0.2) is 8.42 Å². The maximum atomic E-state index is 11.7. The summed E-state index contributed by atoms with van der Waals surface area (Å²) in [6, 6.07) is 2.46. The molecule has 1 fully saturated rings. The van der Waals surface area contributed by atoms with Crippen LogP contribution in [0.4, 0.5) is 0 Å². The predicted octanol–water partition coefficient (Wildman–Crippen LogP) is 2.29.